The number of hydrogen-bond acceptors (Lipinski definition) is 4. The number of benzene rings is 2. The fraction of sp³-hybridized carbons (Fsp3) is 0.143. The summed E-state index contributed by atoms with van der Waals surface area (Å²) >= 11 is 6.11. The van der Waals surface area contributed by atoms with Crippen LogP contribution in [0.1, 0.15) is 22.8 Å². The molecule has 138 valence electrons. The van der Waals surface area contributed by atoms with E-state index in [-0.39, 0.29) is 5.91 Å². The van der Waals surface area contributed by atoms with E-state index < -0.39 is 0 Å². The van der Waals surface area contributed by atoms with Gasteiger partial charge >= 0.3 is 0 Å². The van der Waals surface area contributed by atoms with Crippen LogP contribution in [-0.2, 0) is 0 Å². The highest BCUT2D eigenvalue weighted by molar-refractivity contribution is 6.31. The van der Waals surface area contributed by atoms with E-state index in [1.165, 1.54) is 6.20 Å². The van der Waals surface area contributed by atoms with E-state index >= 15 is 0 Å². The number of nitrogens with zero attached hydrogens (tertiary/aromatic N) is 1. The molecule has 0 bridgehead atoms. The molecule has 27 heavy (non-hydrogen) atoms. The van der Waals surface area contributed by atoms with Crippen LogP contribution in [0.4, 0.5) is 17.1 Å². The summed E-state index contributed by atoms with van der Waals surface area (Å²) in [6, 6.07) is 14.7. The quantitative estimate of drug-likeness (QED) is 0.597. The number of hydrogen-bond donors (Lipinski definition) is 2. The SMILES string of the molecule is CCOc1ccccc1Nc1cncc(C(=O)Nc2ccc(C)c(Cl)c2)c1. The van der Waals surface area contributed by atoms with Gasteiger partial charge in [-0.2, -0.15) is 0 Å². The first-order valence-electron chi connectivity index (χ1n) is 8.58. The first-order chi connectivity index (χ1) is 13.1. The van der Waals surface area contributed by atoms with Crippen LogP contribution in [-0.4, -0.2) is 17.5 Å². The molecular weight excluding hydrogens is 362 g/mol. The zero-order chi connectivity index (χ0) is 19.2. The topological polar surface area (TPSA) is 63.2 Å². The number of carbonyl (C=O) groups excluding carboxylic acids is 1. The summed E-state index contributed by atoms with van der Waals surface area (Å²) in [5.41, 5.74) is 3.53. The van der Waals surface area contributed by atoms with Gasteiger partial charge in [-0.15, -0.1) is 0 Å². The van der Waals surface area contributed by atoms with Crippen molar-refractivity contribution in [3.8, 4) is 5.75 Å². The number of aryl methyl sites for hydroxylation is 1. The number of ether oxygens (including phenoxy) is 1. The molecule has 0 saturated carbocycles. The normalized spacial score (nSPS) is 10.3. The molecule has 0 fully saturated rings. The third-order valence-electron chi connectivity index (χ3n) is 3.90. The first-order valence-corrected chi connectivity index (χ1v) is 8.96. The van der Waals surface area contributed by atoms with Crippen molar-refractivity contribution in [3.63, 3.8) is 0 Å². The summed E-state index contributed by atoms with van der Waals surface area (Å²) in [5.74, 6) is 0.480. The largest absolute Gasteiger partial charge is 0.492 e. The number of aromatic nitrogens is 1. The highest BCUT2D eigenvalue weighted by Crippen LogP contribution is 2.27. The van der Waals surface area contributed by atoms with E-state index in [1.54, 1.807) is 18.3 Å². The van der Waals surface area contributed by atoms with E-state index in [1.807, 2.05) is 50.2 Å². The molecular formula is C21H20ClN3O2. The summed E-state index contributed by atoms with van der Waals surface area (Å²) in [6.45, 7) is 4.41. The summed E-state index contributed by atoms with van der Waals surface area (Å²) in [4.78, 5) is 16.7. The highest BCUT2D eigenvalue weighted by atomic mass is 35.5. The van der Waals surface area contributed by atoms with E-state index in [0.29, 0.717) is 28.6 Å². The van der Waals surface area contributed by atoms with Crippen molar-refractivity contribution in [2.24, 2.45) is 0 Å². The second-order valence-electron chi connectivity index (χ2n) is 5.93. The van der Waals surface area contributed by atoms with Crippen LogP contribution in [0.15, 0.2) is 60.9 Å². The van der Waals surface area contributed by atoms with Gasteiger partial charge in [0, 0.05) is 16.9 Å². The van der Waals surface area contributed by atoms with Crippen molar-refractivity contribution in [2.45, 2.75) is 13.8 Å². The van der Waals surface area contributed by atoms with E-state index in [0.717, 1.165) is 17.0 Å². The monoisotopic (exact) mass is 381 g/mol. The third-order valence-corrected chi connectivity index (χ3v) is 4.30. The minimum atomic E-state index is -0.260. The highest BCUT2D eigenvalue weighted by Gasteiger charge is 2.10. The van der Waals surface area contributed by atoms with E-state index in [4.69, 9.17) is 16.3 Å². The van der Waals surface area contributed by atoms with Gasteiger partial charge in [0.15, 0.2) is 0 Å². The number of amides is 1. The maximum Gasteiger partial charge on any atom is 0.257 e. The average Bonchev–Trinajstić information content (AvgIpc) is 2.67. The molecule has 0 aliphatic carbocycles. The zero-order valence-corrected chi connectivity index (χ0v) is 15.9. The van der Waals surface area contributed by atoms with Crippen LogP contribution in [0.25, 0.3) is 0 Å². The number of para-hydroxylation sites is 2. The number of rotatable bonds is 6. The standard InChI is InChI=1S/C21H20ClN3O2/c1-3-27-20-7-5-4-6-19(20)24-17-10-15(12-23-13-17)21(26)25-16-9-8-14(2)18(22)11-16/h4-13,24H,3H2,1-2H3,(H,25,26). The second kappa shape index (κ2) is 8.56. The summed E-state index contributed by atoms with van der Waals surface area (Å²) in [5, 5.41) is 6.68. The Morgan fingerprint density at radius 2 is 1.93 bits per heavy atom. The minimum absolute atomic E-state index is 0.260. The molecule has 0 radical (unpaired) electrons. The lowest BCUT2D eigenvalue weighted by Gasteiger charge is -2.13. The second-order valence-corrected chi connectivity index (χ2v) is 6.34. The maximum absolute atomic E-state index is 12.5. The van der Waals surface area contributed by atoms with Crippen molar-refractivity contribution in [1.82, 2.24) is 4.98 Å². The van der Waals surface area contributed by atoms with Crippen LogP contribution in [0.5, 0.6) is 5.75 Å². The van der Waals surface area contributed by atoms with Crippen molar-refractivity contribution in [2.75, 3.05) is 17.2 Å². The fourth-order valence-corrected chi connectivity index (χ4v) is 2.69. The van der Waals surface area contributed by atoms with Crippen LogP contribution in [0, 0.1) is 6.92 Å². The van der Waals surface area contributed by atoms with E-state index in [9.17, 15) is 4.79 Å². The maximum atomic E-state index is 12.5. The Bertz CT molecular complexity index is 960. The molecule has 0 saturated heterocycles. The van der Waals surface area contributed by atoms with Gasteiger partial charge < -0.3 is 15.4 Å². The number of pyridine rings is 1. The van der Waals surface area contributed by atoms with Crippen LogP contribution < -0.4 is 15.4 Å². The van der Waals surface area contributed by atoms with Gasteiger partial charge in [-0.05, 0) is 49.7 Å². The lowest BCUT2D eigenvalue weighted by atomic mass is 10.2. The Morgan fingerprint density at radius 1 is 1.11 bits per heavy atom. The summed E-state index contributed by atoms with van der Waals surface area (Å²) < 4.78 is 5.61. The molecule has 0 aliphatic rings. The molecule has 5 nitrogen and oxygen atoms in total. The van der Waals surface area contributed by atoms with Crippen molar-refractivity contribution >= 4 is 34.6 Å². The van der Waals surface area contributed by atoms with Crippen LogP contribution in [0.2, 0.25) is 5.02 Å². The zero-order valence-electron chi connectivity index (χ0n) is 15.1. The van der Waals surface area contributed by atoms with Crippen molar-refractivity contribution in [3.05, 3.63) is 77.1 Å². The number of carbonyl (C=O) groups is 1. The van der Waals surface area contributed by atoms with Gasteiger partial charge in [-0.3, -0.25) is 9.78 Å². The number of halogens is 1. The molecule has 0 aliphatic heterocycles. The molecule has 0 atom stereocenters. The molecule has 0 spiro atoms. The number of nitrogens with one attached hydrogen (secondary N) is 2. The molecule has 1 amide bonds. The molecule has 0 unspecified atom stereocenters. The molecule has 6 heteroatoms. The Balaban J connectivity index is 1.77. The fourth-order valence-electron chi connectivity index (χ4n) is 2.51. The summed E-state index contributed by atoms with van der Waals surface area (Å²) in [7, 11) is 0. The third kappa shape index (κ3) is 4.77. The summed E-state index contributed by atoms with van der Waals surface area (Å²) in [6.07, 6.45) is 3.17. The Labute approximate surface area is 163 Å². The molecule has 1 aromatic heterocycles. The first kappa shape index (κ1) is 18.7. The van der Waals surface area contributed by atoms with E-state index in [2.05, 4.69) is 15.6 Å². The average molecular weight is 382 g/mol. The lowest BCUT2D eigenvalue weighted by molar-refractivity contribution is 0.102. The Morgan fingerprint density at radius 3 is 2.70 bits per heavy atom. The van der Waals surface area contributed by atoms with Gasteiger partial charge in [-0.25, -0.2) is 0 Å². The van der Waals surface area contributed by atoms with Crippen molar-refractivity contribution in [1.29, 1.82) is 0 Å². The van der Waals surface area contributed by atoms with Gasteiger partial charge in [0.2, 0.25) is 0 Å². The molecule has 3 aromatic rings. The van der Waals surface area contributed by atoms with Gasteiger partial charge in [0.25, 0.3) is 5.91 Å². The molecule has 2 aromatic carbocycles. The van der Waals surface area contributed by atoms with Gasteiger partial charge in [0.05, 0.1) is 29.7 Å². The smallest absolute Gasteiger partial charge is 0.257 e. The lowest BCUT2D eigenvalue weighted by Crippen LogP contribution is -2.12. The van der Waals surface area contributed by atoms with Gasteiger partial charge in [-0.1, -0.05) is 29.8 Å². The van der Waals surface area contributed by atoms with Crippen LogP contribution >= 0.6 is 11.6 Å². The Kier molecular flexibility index (Phi) is 5.94. The Hall–Kier alpha value is -3.05. The van der Waals surface area contributed by atoms with Gasteiger partial charge in [0.1, 0.15) is 5.75 Å². The minimum Gasteiger partial charge on any atom is -0.492 e. The predicted octanol–water partition coefficient (Wildman–Crippen LogP) is 5.44. The molecule has 3 rings (SSSR count). The number of anilines is 3. The molecule has 2 N–H and O–H groups in total. The van der Waals surface area contributed by atoms with Crippen LogP contribution in [0.3, 0.4) is 0 Å². The predicted molar refractivity (Wildman–Crippen MR) is 109 cm³/mol. The molecule has 1 heterocycles. The van der Waals surface area contributed by atoms with Crippen molar-refractivity contribution < 1.29 is 9.53 Å².